The fraction of sp³-hybridized carbons (Fsp3) is 0.222. The van der Waals surface area contributed by atoms with Crippen LogP contribution in [0.1, 0.15) is 34.5 Å². The summed E-state index contributed by atoms with van der Waals surface area (Å²) < 4.78 is 6.93. The van der Waals surface area contributed by atoms with E-state index in [1.165, 1.54) is 7.11 Å². The van der Waals surface area contributed by atoms with Gasteiger partial charge in [0.25, 0.3) is 0 Å². The lowest BCUT2D eigenvalue weighted by Gasteiger charge is -2.11. The predicted octanol–water partition coefficient (Wildman–Crippen LogP) is 5.49. The molecule has 35 heavy (non-hydrogen) atoms. The summed E-state index contributed by atoms with van der Waals surface area (Å²) in [4.78, 5) is 30.4. The largest absolute Gasteiger partial charge is 0.464 e. The van der Waals surface area contributed by atoms with Crippen molar-refractivity contribution in [1.29, 1.82) is 0 Å². The predicted molar refractivity (Wildman–Crippen MR) is 137 cm³/mol. The van der Waals surface area contributed by atoms with E-state index in [0.717, 1.165) is 29.7 Å². The van der Waals surface area contributed by atoms with Crippen molar-refractivity contribution in [2.75, 3.05) is 17.7 Å². The maximum absolute atomic E-state index is 13.0. The van der Waals surface area contributed by atoms with Crippen molar-refractivity contribution in [2.45, 2.75) is 25.9 Å². The molecule has 0 radical (unpaired) electrons. The average molecular weight is 489 g/mol. The zero-order valence-electron chi connectivity index (χ0n) is 19.3. The molecule has 2 aromatic carbocycles. The summed E-state index contributed by atoms with van der Waals surface area (Å²) in [7, 11) is 1.34. The molecule has 1 saturated carbocycles. The Kier molecular flexibility index (Phi) is 6.42. The molecule has 0 spiro atoms. The number of anilines is 2. The molecule has 0 bridgehead atoms. The van der Waals surface area contributed by atoms with Crippen molar-refractivity contribution in [2.24, 2.45) is 5.92 Å². The highest BCUT2D eigenvalue weighted by Gasteiger charge is 2.33. The van der Waals surface area contributed by atoms with Crippen LogP contribution in [0.2, 0.25) is 5.02 Å². The second-order valence-electron chi connectivity index (χ2n) is 8.63. The number of esters is 1. The lowest BCUT2D eigenvalue weighted by atomic mass is 10.2. The number of rotatable bonds is 8. The first-order chi connectivity index (χ1) is 17.0. The molecule has 0 atom stereocenters. The van der Waals surface area contributed by atoms with Gasteiger partial charge in [0.1, 0.15) is 5.65 Å². The molecule has 2 heterocycles. The van der Waals surface area contributed by atoms with Gasteiger partial charge in [-0.3, -0.25) is 4.79 Å². The Balaban J connectivity index is 1.57. The first kappa shape index (κ1) is 22.9. The van der Waals surface area contributed by atoms with Gasteiger partial charge in [-0.15, -0.1) is 0 Å². The Morgan fingerprint density at radius 1 is 1.09 bits per heavy atom. The number of hydrogen-bond donors (Lipinski definition) is 2. The van der Waals surface area contributed by atoms with Gasteiger partial charge in [0.05, 0.1) is 24.7 Å². The molecule has 2 N–H and O–H groups in total. The van der Waals surface area contributed by atoms with E-state index in [1.54, 1.807) is 6.20 Å². The number of carbonyl (C=O) groups is 2. The number of nitrogens with zero attached hydrogens (tertiary/aromatic N) is 2. The fourth-order valence-corrected chi connectivity index (χ4v) is 4.18. The van der Waals surface area contributed by atoms with E-state index in [-0.39, 0.29) is 17.5 Å². The van der Waals surface area contributed by atoms with Crippen LogP contribution in [-0.2, 0) is 22.6 Å². The molecule has 1 fully saturated rings. The van der Waals surface area contributed by atoms with E-state index in [9.17, 15) is 9.59 Å². The first-order valence-corrected chi connectivity index (χ1v) is 11.8. The van der Waals surface area contributed by atoms with E-state index in [0.29, 0.717) is 34.8 Å². The van der Waals surface area contributed by atoms with Crippen LogP contribution in [0.3, 0.4) is 0 Å². The van der Waals surface area contributed by atoms with E-state index < -0.39 is 5.97 Å². The van der Waals surface area contributed by atoms with E-state index in [4.69, 9.17) is 16.3 Å². The number of methoxy groups -OCH3 is 1. The number of amides is 1. The summed E-state index contributed by atoms with van der Waals surface area (Å²) >= 11 is 5.99. The van der Waals surface area contributed by atoms with Crippen molar-refractivity contribution in [3.05, 3.63) is 88.7 Å². The molecule has 0 saturated heterocycles. The molecule has 2 aromatic heterocycles. The second-order valence-corrected chi connectivity index (χ2v) is 9.06. The number of ether oxygens (including phenoxy) is 1. The molecule has 8 heteroatoms. The molecule has 1 amide bonds. The van der Waals surface area contributed by atoms with Crippen LogP contribution in [0, 0.1) is 5.92 Å². The number of aromatic nitrogens is 2. The van der Waals surface area contributed by atoms with E-state index >= 15 is 0 Å². The summed E-state index contributed by atoms with van der Waals surface area (Å²) in [6.07, 6.45) is 3.44. The molecule has 4 aromatic rings. The summed E-state index contributed by atoms with van der Waals surface area (Å²) in [5.41, 5.74) is 4.14. The Hall–Kier alpha value is -3.84. The summed E-state index contributed by atoms with van der Waals surface area (Å²) in [5, 5.41) is 7.73. The van der Waals surface area contributed by atoms with Gasteiger partial charge in [0.15, 0.2) is 5.69 Å². The number of halogens is 1. The molecule has 5 rings (SSSR count). The van der Waals surface area contributed by atoms with Crippen molar-refractivity contribution in [3.8, 4) is 0 Å². The number of nitrogens with one attached hydrogen (secondary N) is 2. The number of fused-ring (bicyclic) bond motifs is 1. The van der Waals surface area contributed by atoms with Crippen LogP contribution in [0.25, 0.3) is 11.0 Å². The zero-order valence-corrected chi connectivity index (χ0v) is 20.0. The van der Waals surface area contributed by atoms with E-state index in [2.05, 4.69) is 15.6 Å². The molecule has 0 aliphatic heterocycles. The van der Waals surface area contributed by atoms with Gasteiger partial charge in [0.2, 0.25) is 5.91 Å². The Bertz CT molecular complexity index is 1380. The van der Waals surface area contributed by atoms with Crippen LogP contribution < -0.4 is 10.6 Å². The second kappa shape index (κ2) is 9.80. The standard InChI is InChI=1S/C27H25ClN4O3/c1-35-27(34)24-23(31-26(33)19-9-10-19)22-13-21(29-14-17-7-11-20(28)12-8-17)15-30-25(22)32(24)16-18-5-3-2-4-6-18/h2-8,11-13,15,19,29H,9-10,14,16H2,1H3,(H,31,33). The van der Waals surface area contributed by atoms with Crippen LogP contribution in [0.4, 0.5) is 11.4 Å². The molecule has 1 aliphatic carbocycles. The minimum atomic E-state index is -0.527. The van der Waals surface area contributed by atoms with Gasteiger partial charge in [-0.05, 0) is 42.2 Å². The minimum Gasteiger partial charge on any atom is -0.464 e. The maximum Gasteiger partial charge on any atom is 0.356 e. The highest BCUT2D eigenvalue weighted by atomic mass is 35.5. The van der Waals surface area contributed by atoms with Crippen molar-refractivity contribution in [1.82, 2.24) is 9.55 Å². The molecular formula is C27H25ClN4O3. The Labute approximate surface area is 208 Å². The Morgan fingerprint density at radius 3 is 2.51 bits per heavy atom. The third kappa shape index (κ3) is 5.00. The van der Waals surface area contributed by atoms with Crippen molar-refractivity contribution >= 4 is 45.9 Å². The van der Waals surface area contributed by atoms with Gasteiger partial charge in [-0.2, -0.15) is 0 Å². The van der Waals surface area contributed by atoms with Gasteiger partial charge in [-0.1, -0.05) is 54.1 Å². The van der Waals surface area contributed by atoms with Gasteiger partial charge >= 0.3 is 5.97 Å². The van der Waals surface area contributed by atoms with Gasteiger partial charge in [0, 0.05) is 29.4 Å². The molecule has 0 unspecified atom stereocenters. The quantitative estimate of drug-likeness (QED) is 0.320. The van der Waals surface area contributed by atoms with Crippen LogP contribution in [0.15, 0.2) is 66.9 Å². The third-order valence-corrected chi connectivity index (χ3v) is 6.32. The van der Waals surface area contributed by atoms with E-state index in [1.807, 2.05) is 65.2 Å². The average Bonchev–Trinajstić information content (AvgIpc) is 3.69. The molecular weight excluding hydrogens is 464 g/mol. The minimum absolute atomic E-state index is 0.0211. The summed E-state index contributed by atoms with van der Waals surface area (Å²) in [5.74, 6) is -0.638. The van der Waals surface area contributed by atoms with Crippen LogP contribution in [0.5, 0.6) is 0 Å². The molecule has 7 nitrogen and oxygen atoms in total. The number of hydrogen-bond acceptors (Lipinski definition) is 5. The van der Waals surface area contributed by atoms with Gasteiger partial charge < -0.3 is 19.9 Å². The number of carbonyl (C=O) groups excluding carboxylic acids is 2. The molecule has 178 valence electrons. The Morgan fingerprint density at radius 2 is 1.83 bits per heavy atom. The highest BCUT2D eigenvalue weighted by Crippen LogP contribution is 2.36. The monoisotopic (exact) mass is 488 g/mol. The highest BCUT2D eigenvalue weighted by molar-refractivity contribution is 6.30. The SMILES string of the molecule is COC(=O)c1c(NC(=O)C2CC2)c2cc(NCc3ccc(Cl)cc3)cnc2n1Cc1ccccc1. The normalized spacial score (nSPS) is 13.0. The van der Waals surface area contributed by atoms with Crippen molar-refractivity contribution in [3.63, 3.8) is 0 Å². The first-order valence-electron chi connectivity index (χ1n) is 11.5. The fourth-order valence-electron chi connectivity index (χ4n) is 4.05. The van der Waals surface area contributed by atoms with Crippen LogP contribution >= 0.6 is 11.6 Å². The third-order valence-electron chi connectivity index (χ3n) is 6.07. The summed E-state index contributed by atoms with van der Waals surface area (Å²) in [6, 6.07) is 19.3. The topological polar surface area (TPSA) is 85.2 Å². The van der Waals surface area contributed by atoms with Crippen LogP contribution in [-0.4, -0.2) is 28.5 Å². The maximum atomic E-state index is 13.0. The van der Waals surface area contributed by atoms with Crippen molar-refractivity contribution < 1.29 is 14.3 Å². The number of pyridine rings is 1. The number of benzene rings is 2. The lowest BCUT2D eigenvalue weighted by molar-refractivity contribution is -0.117. The zero-order chi connectivity index (χ0) is 24.4. The smallest absolute Gasteiger partial charge is 0.356 e. The molecule has 1 aliphatic rings. The lowest BCUT2D eigenvalue weighted by Crippen LogP contribution is -2.18. The van der Waals surface area contributed by atoms with Gasteiger partial charge in [-0.25, -0.2) is 9.78 Å². The summed E-state index contributed by atoms with van der Waals surface area (Å²) in [6.45, 7) is 0.980.